The lowest BCUT2D eigenvalue weighted by molar-refractivity contribution is -0.139. The van der Waals surface area contributed by atoms with E-state index in [2.05, 4.69) is 9.47 Å². The van der Waals surface area contributed by atoms with Gasteiger partial charge < -0.3 is 9.47 Å². The fourth-order valence-corrected chi connectivity index (χ4v) is 0.433. The Balaban J connectivity index is 3.70. The van der Waals surface area contributed by atoms with Crippen LogP contribution in [-0.4, -0.2) is 18.5 Å². The van der Waals surface area contributed by atoms with Gasteiger partial charge in [0.05, 0.1) is 6.26 Å². The molecule has 12 heavy (non-hydrogen) atoms. The van der Waals surface area contributed by atoms with Gasteiger partial charge in [0, 0.05) is 13.8 Å². The van der Waals surface area contributed by atoms with Gasteiger partial charge in [-0.3, -0.25) is 9.59 Å². The van der Waals surface area contributed by atoms with Gasteiger partial charge in [-0.15, -0.1) is 0 Å². The predicted molar refractivity (Wildman–Crippen MR) is 42.2 cm³/mol. The number of hydrogen-bond donors (Lipinski definition) is 0. The zero-order valence-electron chi connectivity index (χ0n) is 7.42. The van der Waals surface area contributed by atoms with Crippen LogP contribution in [0.5, 0.6) is 0 Å². The maximum absolute atomic E-state index is 10.3. The summed E-state index contributed by atoms with van der Waals surface area (Å²) < 4.78 is 9.18. The molecule has 0 saturated carbocycles. The zero-order valence-corrected chi connectivity index (χ0v) is 7.42. The second kappa shape index (κ2) is 5.35. The summed E-state index contributed by atoms with van der Waals surface area (Å²) in [5.74, 6) is -0.747. The minimum Gasteiger partial charge on any atom is -0.461 e. The highest BCUT2D eigenvalue weighted by atomic mass is 16.5. The van der Waals surface area contributed by atoms with Crippen LogP contribution >= 0.6 is 0 Å². The van der Waals surface area contributed by atoms with Crippen LogP contribution in [0.1, 0.15) is 20.8 Å². The molecule has 0 atom stereocenters. The maximum Gasteiger partial charge on any atom is 0.307 e. The van der Waals surface area contributed by atoms with Crippen molar-refractivity contribution in [3.05, 3.63) is 11.8 Å². The second-order valence-electron chi connectivity index (χ2n) is 2.35. The third-order valence-corrected chi connectivity index (χ3v) is 0.929. The molecule has 0 saturated heterocycles. The normalized spacial score (nSPS) is 10.8. The summed E-state index contributed by atoms with van der Waals surface area (Å²) in [6, 6.07) is 0. The summed E-state index contributed by atoms with van der Waals surface area (Å²) in [7, 11) is 0. The highest BCUT2D eigenvalue weighted by Crippen LogP contribution is 1.94. The van der Waals surface area contributed by atoms with Crippen LogP contribution in [0.4, 0.5) is 0 Å². The van der Waals surface area contributed by atoms with Crippen molar-refractivity contribution in [1.82, 2.24) is 0 Å². The van der Waals surface area contributed by atoms with E-state index >= 15 is 0 Å². The van der Waals surface area contributed by atoms with E-state index in [1.54, 1.807) is 6.92 Å². The minimum atomic E-state index is -0.392. The molecule has 0 bridgehead atoms. The molecule has 0 radical (unpaired) electrons. The SMILES string of the molecule is CC(=O)O/C=C(/C)COC(C)=O. The predicted octanol–water partition coefficient (Wildman–Crippen LogP) is 1.02. The van der Waals surface area contributed by atoms with Crippen molar-refractivity contribution in [3.63, 3.8) is 0 Å². The van der Waals surface area contributed by atoms with Gasteiger partial charge in [-0.25, -0.2) is 0 Å². The maximum atomic E-state index is 10.3. The monoisotopic (exact) mass is 172 g/mol. The van der Waals surface area contributed by atoms with Gasteiger partial charge in [-0.1, -0.05) is 0 Å². The summed E-state index contributed by atoms with van der Waals surface area (Å²) in [5, 5.41) is 0. The second-order valence-corrected chi connectivity index (χ2v) is 2.35. The Morgan fingerprint density at radius 1 is 1.17 bits per heavy atom. The van der Waals surface area contributed by atoms with Crippen molar-refractivity contribution in [2.75, 3.05) is 6.61 Å². The molecule has 68 valence electrons. The molecule has 0 unspecified atom stereocenters. The molecule has 0 amide bonds. The zero-order chi connectivity index (χ0) is 9.56. The summed E-state index contributed by atoms with van der Waals surface area (Å²) >= 11 is 0. The average Bonchev–Trinajstić information content (AvgIpc) is 1.96. The van der Waals surface area contributed by atoms with E-state index in [1.165, 1.54) is 20.1 Å². The Bertz CT molecular complexity index is 205. The highest BCUT2D eigenvalue weighted by molar-refractivity contribution is 5.67. The summed E-state index contributed by atoms with van der Waals surface area (Å²) in [4.78, 5) is 20.6. The third kappa shape index (κ3) is 6.80. The lowest BCUT2D eigenvalue weighted by Gasteiger charge is -2.00. The van der Waals surface area contributed by atoms with Gasteiger partial charge in [0.25, 0.3) is 0 Å². The lowest BCUT2D eigenvalue weighted by atomic mass is 10.4. The topological polar surface area (TPSA) is 52.6 Å². The molecule has 0 aliphatic carbocycles. The number of ether oxygens (including phenoxy) is 2. The molecule has 0 fully saturated rings. The van der Waals surface area contributed by atoms with Crippen LogP contribution in [0.2, 0.25) is 0 Å². The van der Waals surface area contributed by atoms with E-state index < -0.39 is 5.97 Å². The van der Waals surface area contributed by atoms with Crippen molar-refractivity contribution in [1.29, 1.82) is 0 Å². The Morgan fingerprint density at radius 3 is 2.17 bits per heavy atom. The standard InChI is InChI=1S/C8H12O4/c1-6(4-11-7(2)9)5-12-8(3)10/h4H,5H2,1-3H3/b6-4-. The average molecular weight is 172 g/mol. The van der Waals surface area contributed by atoms with Gasteiger partial charge in [0.15, 0.2) is 0 Å². The first-order valence-electron chi connectivity index (χ1n) is 3.48. The third-order valence-electron chi connectivity index (χ3n) is 0.929. The number of esters is 2. The molecule has 0 aliphatic rings. The van der Waals surface area contributed by atoms with E-state index in [0.717, 1.165) is 0 Å². The van der Waals surface area contributed by atoms with Gasteiger partial charge in [0.2, 0.25) is 0 Å². The first kappa shape index (κ1) is 10.7. The molecular formula is C8H12O4. The van der Waals surface area contributed by atoms with Crippen LogP contribution in [-0.2, 0) is 19.1 Å². The van der Waals surface area contributed by atoms with E-state index in [1.807, 2.05) is 0 Å². The minimum absolute atomic E-state index is 0.155. The molecule has 0 heterocycles. The molecule has 0 aromatic carbocycles. The van der Waals surface area contributed by atoms with Crippen LogP contribution in [0.25, 0.3) is 0 Å². The van der Waals surface area contributed by atoms with Crippen molar-refractivity contribution in [3.8, 4) is 0 Å². The van der Waals surface area contributed by atoms with Crippen molar-refractivity contribution in [2.45, 2.75) is 20.8 Å². The molecule has 0 N–H and O–H groups in total. The molecule has 0 spiro atoms. The Hall–Kier alpha value is -1.32. The van der Waals surface area contributed by atoms with E-state index in [9.17, 15) is 9.59 Å². The summed E-state index contributed by atoms with van der Waals surface area (Å²) in [6.45, 7) is 4.48. The van der Waals surface area contributed by atoms with E-state index in [-0.39, 0.29) is 12.6 Å². The van der Waals surface area contributed by atoms with Crippen LogP contribution in [0, 0.1) is 0 Å². The molecule has 0 aromatic rings. The molecule has 0 rings (SSSR count). The molecule has 0 aromatic heterocycles. The fourth-order valence-electron chi connectivity index (χ4n) is 0.433. The molecule has 4 nitrogen and oxygen atoms in total. The number of rotatable bonds is 3. The first-order chi connectivity index (χ1) is 5.52. The summed E-state index contributed by atoms with van der Waals surface area (Å²) in [6.07, 6.45) is 1.27. The van der Waals surface area contributed by atoms with E-state index in [4.69, 9.17) is 0 Å². The molecule has 4 heteroatoms. The van der Waals surface area contributed by atoms with Gasteiger partial charge >= 0.3 is 11.9 Å². The quantitative estimate of drug-likeness (QED) is 0.471. The van der Waals surface area contributed by atoms with E-state index in [0.29, 0.717) is 5.57 Å². The Kier molecular flexibility index (Phi) is 4.76. The largest absolute Gasteiger partial charge is 0.461 e. The smallest absolute Gasteiger partial charge is 0.307 e. The van der Waals surface area contributed by atoms with Crippen LogP contribution in [0.3, 0.4) is 0 Å². The number of carbonyl (C=O) groups excluding carboxylic acids is 2. The molecule has 0 aliphatic heterocycles. The van der Waals surface area contributed by atoms with Crippen molar-refractivity contribution < 1.29 is 19.1 Å². The van der Waals surface area contributed by atoms with Crippen molar-refractivity contribution >= 4 is 11.9 Å². The van der Waals surface area contributed by atoms with Crippen LogP contribution < -0.4 is 0 Å². The van der Waals surface area contributed by atoms with Gasteiger partial charge in [-0.2, -0.15) is 0 Å². The number of hydrogen-bond acceptors (Lipinski definition) is 4. The molecular weight excluding hydrogens is 160 g/mol. The fraction of sp³-hybridized carbons (Fsp3) is 0.500. The Morgan fingerprint density at radius 2 is 1.75 bits per heavy atom. The number of carbonyl (C=O) groups is 2. The Labute approximate surface area is 71.2 Å². The first-order valence-corrected chi connectivity index (χ1v) is 3.48. The lowest BCUT2D eigenvalue weighted by Crippen LogP contribution is -2.02. The van der Waals surface area contributed by atoms with Gasteiger partial charge in [-0.05, 0) is 12.5 Å². The highest BCUT2D eigenvalue weighted by Gasteiger charge is 1.95. The summed E-state index contributed by atoms with van der Waals surface area (Å²) in [5.41, 5.74) is 0.681. The van der Waals surface area contributed by atoms with Gasteiger partial charge in [0.1, 0.15) is 6.61 Å². The van der Waals surface area contributed by atoms with Crippen molar-refractivity contribution in [2.24, 2.45) is 0 Å². The van der Waals surface area contributed by atoms with Crippen LogP contribution in [0.15, 0.2) is 11.8 Å².